The molecule has 0 saturated carbocycles. The molecule has 3 nitrogen and oxygen atoms in total. The Morgan fingerprint density at radius 3 is 2.44 bits per heavy atom. The van der Waals surface area contributed by atoms with Crippen LogP contribution in [0.1, 0.15) is 45.9 Å². The normalized spacial score (nSPS) is 16.2. The van der Waals surface area contributed by atoms with E-state index in [4.69, 9.17) is 5.73 Å². The zero-order valence-electron chi connectivity index (χ0n) is 10.8. The summed E-state index contributed by atoms with van der Waals surface area (Å²) in [4.78, 5) is 0. The summed E-state index contributed by atoms with van der Waals surface area (Å²) in [6, 6.07) is 0.0381. The van der Waals surface area contributed by atoms with E-state index in [-0.39, 0.29) is 6.04 Å². The molecule has 0 spiro atoms. The smallest absolute Gasteiger partial charge is 0.0690 e. The highest BCUT2D eigenvalue weighted by atomic mass is 79.9. The first-order valence-corrected chi connectivity index (χ1v) is 6.45. The van der Waals surface area contributed by atoms with Gasteiger partial charge in [0.2, 0.25) is 0 Å². The Hall–Kier alpha value is -0.350. The van der Waals surface area contributed by atoms with E-state index in [0.29, 0.717) is 11.3 Å². The first-order chi connectivity index (χ1) is 7.23. The van der Waals surface area contributed by atoms with Crippen molar-refractivity contribution in [1.29, 1.82) is 0 Å². The summed E-state index contributed by atoms with van der Waals surface area (Å²) >= 11 is 3.49. The molecule has 0 bridgehead atoms. The van der Waals surface area contributed by atoms with E-state index in [1.54, 1.807) is 6.20 Å². The minimum atomic E-state index is 0.0381. The Bertz CT molecular complexity index is 332. The zero-order valence-corrected chi connectivity index (χ0v) is 12.4. The van der Waals surface area contributed by atoms with Gasteiger partial charge in [0.25, 0.3) is 0 Å². The molecule has 2 N–H and O–H groups in total. The molecule has 1 aromatic heterocycles. The fraction of sp³-hybridized carbons (Fsp3) is 0.750. The van der Waals surface area contributed by atoms with E-state index in [1.165, 1.54) is 0 Å². The minimum absolute atomic E-state index is 0.0381. The third kappa shape index (κ3) is 3.08. The van der Waals surface area contributed by atoms with Crippen molar-refractivity contribution in [1.82, 2.24) is 9.78 Å². The van der Waals surface area contributed by atoms with Crippen molar-refractivity contribution in [2.75, 3.05) is 0 Å². The second-order valence-electron chi connectivity index (χ2n) is 5.61. The van der Waals surface area contributed by atoms with Crippen LogP contribution in [-0.2, 0) is 7.05 Å². The first kappa shape index (κ1) is 13.7. The molecule has 1 heterocycles. The molecular formula is C12H22BrN3. The molecular weight excluding hydrogens is 266 g/mol. The number of rotatable bonds is 3. The summed E-state index contributed by atoms with van der Waals surface area (Å²) < 4.78 is 2.85. The predicted octanol–water partition coefficient (Wildman–Crippen LogP) is 3.25. The van der Waals surface area contributed by atoms with Gasteiger partial charge in [-0.1, -0.05) is 27.7 Å². The largest absolute Gasteiger partial charge is 0.323 e. The second kappa shape index (κ2) is 4.88. The Morgan fingerprint density at radius 2 is 2.06 bits per heavy atom. The summed E-state index contributed by atoms with van der Waals surface area (Å²) in [5.41, 5.74) is 7.62. The molecule has 0 fully saturated rings. The van der Waals surface area contributed by atoms with Crippen LogP contribution in [0.2, 0.25) is 0 Å². The Balaban J connectivity index is 2.77. The summed E-state index contributed by atoms with van der Waals surface area (Å²) in [7, 11) is 1.93. The van der Waals surface area contributed by atoms with E-state index in [0.717, 1.165) is 16.6 Å². The fourth-order valence-electron chi connectivity index (χ4n) is 1.68. The first-order valence-electron chi connectivity index (χ1n) is 5.66. The molecule has 92 valence electrons. The average Bonchev–Trinajstić information content (AvgIpc) is 2.44. The van der Waals surface area contributed by atoms with Crippen LogP contribution in [0.25, 0.3) is 0 Å². The molecule has 0 radical (unpaired) electrons. The van der Waals surface area contributed by atoms with Crippen molar-refractivity contribution >= 4 is 15.9 Å². The number of halogens is 1. The summed E-state index contributed by atoms with van der Waals surface area (Å²) in [6.45, 7) is 9.01. The molecule has 4 heteroatoms. The van der Waals surface area contributed by atoms with Gasteiger partial charge in [-0.3, -0.25) is 4.68 Å². The molecule has 2 atom stereocenters. The van der Waals surface area contributed by atoms with Gasteiger partial charge < -0.3 is 5.73 Å². The van der Waals surface area contributed by atoms with Crippen LogP contribution < -0.4 is 5.73 Å². The van der Waals surface area contributed by atoms with Gasteiger partial charge >= 0.3 is 0 Å². The lowest BCUT2D eigenvalue weighted by Gasteiger charge is -2.29. The second-order valence-corrected chi connectivity index (χ2v) is 6.46. The van der Waals surface area contributed by atoms with Gasteiger partial charge in [-0.2, -0.15) is 5.10 Å². The lowest BCUT2D eigenvalue weighted by atomic mass is 9.78. The Labute approximate surface area is 107 Å². The predicted molar refractivity (Wildman–Crippen MR) is 71.1 cm³/mol. The van der Waals surface area contributed by atoms with E-state index < -0.39 is 0 Å². The Kier molecular flexibility index (Phi) is 4.18. The van der Waals surface area contributed by atoms with Crippen LogP contribution in [0.15, 0.2) is 10.7 Å². The molecule has 0 saturated heterocycles. The highest BCUT2D eigenvalue weighted by Crippen LogP contribution is 2.33. The van der Waals surface area contributed by atoms with Gasteiger partial charge in [0, 0.05) is 13.1 Å². The number of aromatic nitrogens is 2. The van der Waals surface area contributed by atoms with Gasteiger partial charge in [-0.25, -0.2) is 0 Å². The van der Waals surface area contributed by atoms with E-state index in [2.05, 4.69) is 48.7 Å². The quantitative estimate of drug-likeness (QED) is 0.927. The van der Waals surface area contributed by atoms with Gasteiger partial charge in [0.15, 0.2) is 0 Å². The summed E-state index contributed by atoms with van der Waals surface area (Å²) in [5, 5.41) is 4.20. The molecule has 16 heavy (non-hydrogen) atoms. The number of hydrogen-bond donors (Lipinski definition) is 1. The van der Waals surface area contributed by atoms with Crippen LogP contribution in [0.5, 0.6) is 0 Å². The standard InChI is InChI=1S/C12H22BrN3/c1-8(12(2,3)4)6-10(14)11-9(13)7-15-16(11)5/h7-8,10H,6,14H2,1-5H3. The minimum Gasteiger partial charge on any atom is -0.323 e. The highest BCUT2D eigenvalue weighted by molar-refractivity contribution is 9.10. The molecule has 0 aliphatic heterocycles. The van der Waals surface area contributed by atoms with Crippen LogP contribution in [-0.4, -0.2) is 9.78 Å². The van der Waals surface area contributed by atoms with Crippen LogP contribution in [0.4, 0.5) is 0 Å². The SMILES string of the molecule is CC(CC(N)c1c(Br)cnn1C)C(C)(C)C. The number of nitrogens with zero attached hydrogens (tertiary/aromatic N) is 2. The maximum absolute atomic E-state index is 6.25. The van der Waals surface area contributed by atoms with Gasteiger partial charge in [0.1, 0.15) is 0 Å². The monoisotopic (exact) mass is 287 g/mol. The average molecular weight is 288 g/mol. The zero-order chi connectivity index (χ0) is 12.5. The maximum Gasteiger partial charge on any atom is 0.0690 e. The molecule has 0 aromatic carbocycles. The molecule has 0 aliphatic carbocycles. The van der Waals surface area contributed by atoms with Crippen LogP contribution in [0, 0.1) is 11.3 Å². The molecule has 1 rings (SSSR count). The topological polar surface area (TPSA) is 43.8 Å². The van der Waals surface area contributed by atoms with E-state index in [9.17, 15) is 0 Å². The third-order valence-corrected chi connectivity index (χ3v) is 3.99. The lowest BCUT2D eigenvalue weighted by molar-refractivity contribution is 0.231. The number of nitrogens with two attached hydrogens (primary N) is 1. The van der Waals surface area contributed by atoms with Crippen molar-refractivity contribution in [2.24, 2.45) is 24.1 Å². The van der Waals surface area contributed by atoms with E-state index >= 15 is 0 Å². The van der Waals surface area contributed by atoms with Crippen LogP contribution >= 0.6 is 15.9 Å². The molecule has 0 amide bonds. The van der Waals surface area contributed by atoms with Gasteiger partial charge in [-0.05, 0) is 33.7 Å². The number of aryl methyl sites for hydroxylation is 1. The van der Waals surface area contributed by atoms with Crippen molar-refractivity contribution in [3.8, 4) is 0 Å². The maximum atomic E-state index is 6.25. The summed E-state index contributed by atoms with van der Waals surface area (Å²) in [6.07, 6.45) is 2.78. The fourth-order valence-corrected chi connectivity index (χ4v) is 2.33. The molecule has 2 unspecified atom stereocenters. The van der Waals surface area contributed by atoms with Crippen LogP contribution in [0.3, 0.4) is 0 Å². The Morgan fingerprint density at radius 1 is 1.50 bits per heavy atom. The van der Waals surface area contributed by atoms with E-state index in [1.807, 2.05) is 11.7 Å². The molecule has 0 aliphatic rings. The van der Waals surface area contributed by atoms with Crippen molar-refractivity contribution in [3.05, 3.63) is 16.4 Å². The number of hydrogen-bond acceptors (Lipinski definition) is 2. The molecule has 1 aromatic rings. The van der Waals surface area contributed by atoms with Gasteiger partial charge in [-0.15, -0.1) is 0 Å². The lowest BCUT2D eigenvalue weighted by Crippen LogP contribution is -2.24. The van der Waals surface area contributed by atoms with Crippen molar-refractivity contribution in [3.63, 3.8) is 0 Å². The summed E-state index contributed by atoms with van der Waals surface area (Å²) in [5.74, 6) is 0.573. The van der Waals surface area contributed by atoms with Crippen molar-refractivity contribution in [2.45, 2.75) is 40.2 Å². The highest BCUT2D eigenvalue weighted by Gasteiger charge is 2.24. The van der Waals surface area contributed by atoms with Gasteiger partial charge in [0.05, 0.1) is 16.4 Å². The van der Waals surface area contributed by atoms with Crippen molar-refractivity contribution < 1.29 is 0 Å². The third-order valence-electron chi connectivity index (χ3n) is 3.37.